The zero-order valence-electron chi connectivity index (χ0n) is 20.9. The Bertz CT molecular complexity index is 1620. The van der Waals surface area contributed by atoms with Gasteiger partial charge in [-0.15, -0.1) is 11.3 Å². The molecule has 0 radical (unpaired) electrons. The third kappa shape index (κ3) is 6.87. The summed E-state index contributed by atoms with van der Waals surface area (Å²) in [6.45, 7) is 0.551. The van der Waals surface area contributed by atoms with E-state index in [2.05, 4.69) is 15.1 Å². The lowest BCUT2D eigenvalue weighted by Crippen LogP contribution is -2.40. The average molecular weight is 591 g/mol. The van der Waals surface area contributed by atoms with Crippen molar-refractivity contribution < 1.29 is 22.7 Å². The second-order valence-electron chi connectivity index (χ2n) is 8.67. The molecule has 0 saturated carbocycles. The molecule has 11 nitrogen and oxygen atoms in total. The van der Waals surface area contributed by atoms with Crippen LogP contribution in [0, 0.1) is 0 Å². The second-order valence-corrected chi connectivity index (χ2v) is 12.3. The Hall–Kier alpha value is -3.65. The number of nitrogens with two attached hydrogens (primary N) is 2. The number of anilines is 1. The molecule has 6 N–H and O–H groups in total. The Labute approximate surface area is 234 Å². The molecule has 0 bridgehead atoms. The summed E-state index contributed by atoms with van der Waals surface area (Å²) in [4.78, 5) is 23.2. The van der Waals surface area contributed by atoms with Crippen molar-refractivity contribution in [1.29, 1.82) is 0 Å². The van der Waals surface area contributed by atoms with Gasteiger partial charge in [-0.1, -0.05) is 41.9 Å². The molecule has 2 amide bonds. The largest absolute Gasteiger partial charge is 0.496 e. The van der Waals surface area contributed by atoms with Gasteiger partial charge >= 0.3 is 0 Å². The minimum atomic E-state index is -3.93. The summed E-state index contributed by atoms with van der Waals surface area (Å²) in [5, 5.41) is 7.85. The number of ether oxygens (including phenoxy) is 1. The van der Waals surface area contributed by atoms with Crippen molar-refractivity contribution in [3.8, 4) is 5.75 Å². The van der Waals surface area contributed by atoms with Crippen LogP contribution in [-0.4, -0.2) is 43.2 Å². The summed E-state index contributed by atoms with van der Waals surface area (Å²) in [5.74, 6) is -0.303. The third-order valence-corrected chi connectivity index (χ3v) is 8.90. The molecule has 1 atom stereocenters. The van der Waals surface area contributed by atoms with Crippen molar-refractivity contribution in [2.24, 2.45) is 11.5 Å². The number of carbonyl (C=O) groups is 2. The molecule has 0 unspecified atom stereocenters. The highest BCUT2D eigenvalue weighted by molar-refractivity contribution is 7.94. The molecular formula is C25H27ClN6O5S2. The van der Waals surface area contributed by atoms with E-state index in [-0.39, 0.29) is 35.3 Å². The molecule has 2 aromatic heterocycles. The lowest BCUT2D eigenvalue weighted by Gasteiger charge is -2.12. The lowest BCUT2D eigenvalue weighted by atomic mass is 10.1. The fourth-order valence-electron chi connectivity index (χ4n) is 3.94. The van der Waals surface area contributed by atoms with Crippen molar-refractivity contribution in [1.82, 2.24) is 15.1 Å². The summed E-state index contributed by atoms with van der Waals surface area (Å²) >= 11 is 6.88. The van der Waals surface area contributed by atoms with E-state index in [1.54, 1.807) is 16.8 Å². The number of sulfonamides is 1. The third-order valence-electron chi connectivity index (χ3n) is 5.83. The van der Waals surface area contributed by atoms with E-state index in [1.807, 2.05) is 30.3 Å². The van der Waals surface area contributed by atoms with E-state index in [0.717, 1.165) is 22.5 Å². The number of nitrogens with zero attached hydrogens (tertiary/aromatic N) is 2. The zero-order valence-corrected chi connectivity index (χ0v) is 23.3. The van der Waals surface area contributed by atoms with Gasteiger partial charge in [0.2, 0.25) is 11.8 Å². The smallest absolute Gasteiger partial charge is 0.272 e. The van der Waals surface area contributed by atoms with E-state index >= 15 is 0 Å². The van der Waals surface area contributed by atoms with Crippen molar-refractivity contribution in [2.45, 2.75) is 36.2 Å². The van der Waals surface area contributed by atoms with Crippen LogP contribution in [0.25, 0.3) is 10.9 Å². The van der Waals surface area contributed by atoms with Gasteiger partial charge in [-0.05, 0) is 41.8 Å². The number of thiophene rings is 1. The maximum atomic E-state index is 13.0. The number of primary amides is 1. The van der Waals surface area contributed by atoms with Crippen molar-refractivity contribution in [3.05, 3.63) is 70.1 Å². The molecule has 4 rings (SSSR count). The molecule has 2 aromatic carbocycles. The number of hydrogen-bond donors (Lipinski definition) is 4. The van der Waals surface area contributed by atoms with Crippen LogP contribution in [0.5, 0.6) is 5.75 Å². The Morgan fingerprint density at radius 1 is 1.15 bits per heavy atom. The number of rotatable bonds is 12. The van der Waals surface area contributed by atoms with Gasteiger partial charge < -0.3 is 21.5 Å². The summed E-state index contributed by atoms with van der Waals surface area (Å²) in [7, 11) is -2.43. The van der Waals surface area contributed by atoms with Gasteiger partial charge in [0.15, 0.2) is 5.82 Å². The first-order valence-corrected chi connectivity index (χ1v) is 14.5. The molecule has 39 heavy (non-hydrogen) atoms. The molecule has 14 heteroatoms. The van der Waals surface area contributed by atoms with Crippen molar-refractivity contribution >= 4 is 61.5 Å². The maximum Gasteiger partial charge on any atom is 0.272 e. The number of fused-ring (bicyclic) bond motifs is 1. The first-order valence-electron chi connectivity index (χ1n) is 11.8. The second kappa shape index (κ2) is 12.0. The van der Waals surface area contributed by atoms with Gasteiger partial charge in [-0.3, -0.25) is 19.0 Å². The monoisotopic (exact) mass is 590 g/mol. The lowest BCUT2D eigenvalue weighted by molar-refractivity contribution is -0.123. The van der Waals surface area contributed by atoms with Crippen molar-refractivity contribution in [3.63, 3.8) is 0 Å². The van der Waals surface area contributed by atoms with E-state index < -0.39 is 22.0 Å². The van der Waals surface area contributed by atoms with Crippen LogP contribution in [0.2, 0.25) is 4.34 Å². The fourth-order valence-corrected chi connectivity index (χ4v) is 6.43. The maximum absolute atomic E-state index is 13.0. The predicted molar refractivity (Wildman–Crippen MR) is 150 cm³/mol. The van der Waals surface area contributed by atoms with Crippen LogP contribution in [0.4, 0.5) is 5.82 Å². The summed E-state index contributed by atoms with van der Waals surface area (Å²) in [6.07, 6.45) is 0.203. The van der Waals surface area contributed by atoms with Gasteiger partial charge in [-0.25, -0.2) is 8.42 Å². The van der Waals surface area contributed by atoms with E-state index in [9.17, 15) is 18.0 Å². The topological polar surface area (TPSA) is 171 Å². The molecule has 0 aliphatic heterocycles. The van der Waals surface area contributed by atoms with Gasteiger partial charge in [0, 0.05) is 13.0 Å². The first kappa shape index (κ1) is 28.4. The Balaban J connectivity index is 1.56. The van der Waals surface area contributed by atoms with Crippen LogP contribution in [-0.2, 0) is 32.7 Å². The van der Waals surface area contributed by atoms with Crippen LogP contribution >= 0.6 is 22.9 Å². The van der Waals surface area contributed by atoms with Gasteiger partial charge in [0.1, 0.15) is 9.96 Å². The van der Waals surface area contributed by atoms with E-state index in [1.165, 1.54) is 19.2 Å². The van der Waals surface area contributed by atoms with Crippen LogP contribution in [0.1, 0.15) is 24.0 Å². The first-order chi connectivity index (χ1) is 18.6. The normalized spacial score (nSPS) is 12.3. The standard InChI is InChI=1S/C25H27ClN6O5S2/c1-37-19-7-3-6-18-23(19)24(31-39(35,36)22-11-9-20(26)38-22)30-32(18)14-16-5-2-4-15(12-16)13-29-25(34)17(27)8-10-21(28)33/h2-7,9,11-12,17H,8,10,13-14,27H2,1H3,(H2,28,33)(H,29,34)(H,30,31)/t17-/m0/s1. The highest BCUT2D eigenvalue weighted by Gasteiger charge is 2.23. The molecule has 0 aliphatic rings. The number of carbonyl (C=O) groups excluding carboxylic acids is 2. The highest BCUT2D eigenvalue weighted by Crippen LogP contribution is 2.35. The summed E-state index contributed by atoms with van der Waals surface area (Å²) < 4.78 is 36.2. The molecular weight excluding hydrogens is 564 g/mol. The minimum absolute atomic E-state index is 0.0336. The van der Waals surface area contributed by atoms with E-state index in [4.69, 9.17) is 27.8 Å². The molecule has 206 valence electrons. The molecule has 0 fully saturated rings. The summed E-state index contributed by atoms with van der Waals surface area (Å²) in [6, 6.07) is 15.0. The molecule has 2 heterocycles. The fraction of sp³-hybridized carbons (Fsp3) is 0.240. The van der Waals surface area contributed by atoms with Crippen LogP contribution in [0.3, 0.4) is 0 Å². The highest BCUT2D eigenvalue weighted by atomic mass is 35.5. The summed E-state index contributed by atoms with van der Waals surface area (Å²) in [5.41, 5.74) is 13.3. The molecule has 0 spiro atoms. The molecule has 0 saturated heterocycles. The number of amides is 2. The quantitative estimate of drug-likeness (QED) is 0.196. The number of nitrogens with one attached hydrogen (secondary N) is 2. The van der Waals surface area contributed by atoms with Crippen LogP contribution < -0.4 is 26.2 Å². The Morgan fingerprint density at radius 3 is 2.59 bits per heavy atom. The van der Waals surface area contributed by atoms with Gasteiger partial charge in [-0.2, -0.15) is 5.10 Å². The number of benzene rings is 2. The average Bonchev–Trinajstić information content (AvgIpc) is 3.50. The number of hydrogen-bond acceptors (Lipinski definition) is 8. The Morgan fingerprint density at radius 2 is 1.90 bits per heavy atom. The van der Waals surface area contributed by atoms with Gasteiger partial charge in [0.25, 0.3) is 10.0 Å². The molecule has 0 aliphatic carbocycles. The van der Waals surface area contributed by atoms with Gasteiger partial charge in [0.05, 0.1) is 34.9 Å². The predicted octanol–water partition coefficient (Wildman–Crippen LogP) is 2.82. The van der Waals surface area contributed by atoms with E-state index in [0.29, 0.717) is 27.5 Å². The minimum Gasteiger partial charge on any atom is -0.496 e. The van der Waals surface area contributed by atoms with Crippen molar-refractivity contribution in [2.75, 3.05) is 11.8 Å². The SMILES string of the molecule is COc1cccc2c1c(NS(=O)(=O)c1ccc(Cl)s1)nn2Cc1cccc(CNC(=O)[C@@H](N)CCC(N)=O)c1. The van der Waals surface area contributed by atoms with Crippen LogP contribution in [0.15, 0.2) is 58.8 Å². The Kier molecular flexibility index (Phi) is 8.75. The number of aromatic nitrogens is 2. The number of methoxy groups -OCH3 is 1. The molecule has 4 aromatic rings. The number of halogens is 1. The zero-order chi connectivity index (χ0) is 28.2.